The van der Waals surface area contributed by atoms with Crippen LogP contribution in [0.4, 0.5) is 0 Å². The van der Waals surface area contributed by atoms with E-state index in [2.05, 4.69) is 4.98 Å². The summed E-state index contributed by atoms with van der Waals surface area (Å²) < 4.78 is 4.86. The Morgan fingerprint density at radius 2 is 2.18 bits per heavy atom. The van der Waals surface area contributed by atoms with Crippen molar-refractivity contribution in [2.45, 2.75) is 6.61 Å². The van der Waals surface area contributed by atoms with Crippen LogP contribution in [0.25, 0.3) is 10.9 Å². The molecule has 1 aromatic carbocycles. The van der Waals surface area contributed by atoms with Crippen molar-refractivity contribution in [1.82, 2.24) is 4.98 Å². The van der Waals surface area contributed by atoms with Crippen molar-refractivity contribution in [1.29, 1.82) is 0 Å². The predicted octanol–water partition coefficient (Wildman–Crippen LogP) is 0.942. The number of phenolic OH excluding ortho intramolecular Hbond substituents is 1. The van der Waals surface area contributed by atoms with Crippen LogP contribution >= 0.6 is 0 Å². The van der Waals surface area contributed by atoms with Crippen molar-refractivity contribution in [2.75, 3.05) is 6.54 Å². The molecule has 0 fully saturated rings. The first-order valence-electron chi connectivity index (χ1n) is 5.14. The zero-order valence-corrected chi connectivity index (χ0v) is 9.09. The molecule has 1 heterocycles. The van der Waals surface area contributed by atoms with E-state index in [-0.39, 0.29) is 18.9 Å². The molecular formula is C12H12N2O3. The number of aromatic hydroxyl groups is 1. The highest BCUT2D eigenvalue weighted by molar-refractivity contribution is 5.84. The van der Waals surface area contributed by atoms with Gasteiger partial charge >= 0.3 is 5.97 Å². The van der Waals surface area contributed by atoms with Gasteiger partial charge in [-0.15, -0.1) is 0 Å². The number of carbonyl (C=O) groups excluding carboxylic acids is 1. The van der Waals surface area contributed by atoms with Gasteiger partial charge < -0.3 is 15.6 Å². The molecule has 0 aliphatic carbocycles. The number of benzene rings is 1. The molecule has 5 nitrogen and oxygen atoms in total. The molecule has 88 valence electrons. The van der Waals surface area contributed by atoms with Gasteiger partial charge in [0, 0.05) is 5.39 Å². The fourth-order valence-corrected chi connectivity index (χ4v) is 1.47. The van der Waals surface area contributed by atoms with E-state index in [1.165, 1.54) is 0 Å². The minimum absolute atomic E-state index is 0.0559. The van der Waals surface area contributed by atoms with E-state index in [1.807, 2.05) is 12.1 Å². The Bertz CT molecular complexity index is 554. The summed E-state index contributed by atoms with van der Waals surface area (Å²) >= 11 is 0. The highest BCUT2D eigenvalue weighted by atomic mass is 16.5. The van der Waals surface area contributed by atoms with E-state index in [0.29, 0.717) is 11.2 Å². The number of ether oxygens (including phenoxy) is 1. The van der Waals surface area contributed by atoms with Gasteiger partial charge in [-0.2, -0.15) is 0 Å². The number of hydrogen-bond acceptors (Lipinski definition) is 5. The summed E-state index contributed by atoms with van der Waals surface area (Å²) in [4.78, 5) is 15.1. The molecule has 3 N–H and O–H groups in total. The van der Waals surface area contributed by atoms with Gasteiger partial charge in [-0.05, 0) is 12.1 Å². The minimum Gasteiger partial charge on any atom is -0.506 e. The van der Waals surface area contributed by atoms with Crippen molar-refractivity contribution in [3.05, 3.63) is 36.0 Å². The number of esters is 1. The van der Waals surface area contributed by atoms with Crippen molar-refractivity contribution in [2.24, 2.45) is 5.73 Å². The van der Waals surface area contributed by atoms with Crippen LogP contribution in [-0.4, -0.2) is 22.6 Å². The summed E-state index contributed by atoms with van der Waals surface area (Å²) in [6.45, 7) is -0.0981. The van der Waals surface area contributed by atoms with E-state index in [4.69, 9.17) is 10.5 Å². The molecule has 2 rings (SSSR count). The molecule has 17 heavy (non-hydrogen) atoms. The number of rotatable bonds is 3. The van der Waals surface area contributed by atoms with Gasteiger partial charge in [0.2, 0.25) is 0 Å². The Labute approximate surface area is 97.8 Å². The molecule has 2 aromatic rings. The third-order valence-corrected chi connectivity index (χ3v) is 2.30. The van der Waals surface area contributed by atoms with Crippen LogP contribution in [0.1, 0.15) is 5.69 Å². The van der Waals surface area contributed by atoms with Crippen molar-refractivity contribution >= 4 is 16.9 Å². The van der Waals surface area contributed by atoms with Crippen LogP contribution < -0.4 is 5.73 Å². The van der Waals surface area contributed by atoms with Gasteiger partial charge in [0.25, 0.3) is 0 Å². The minimum atomic E-state index is -0.482. The summed E-state index contributed by atoms with van der Waals surface area (Å²) in [7, 11) is 0. The van der Waals surface area contributed by atoms with Crippen LogP contribution in [0, 0.1) is 0 Å². The summed E-state index contributed by atoms with van der Waals surface area (Å²) in [5.74, 6) is -0.376. The normalized spacial score (nSPS) is 10.4. The Morgan fingerprint density at radius 1 is 1.35 bits per heavy atom. The number of fused-ring (bicyclic) bond motifs is 1. The number of nitrogens with two attached hydrogens (primary N) is 1. The molecule has 0 saturated heterocycles. The predicted molar refractivity (Wildman–Crippen MR) is 62.3 cm³/mol. The number of aromatic nitrogens is 1. The number of hydrogen-bond donors (Lipinski definition) is 2. The van der Waals surface area contributed by atoms with E-state index < -0.39 is 5.97 Å². The topological polar surface area (TPSA) is 85.4 Å². The Morgan fingerprint density at radius 3 is 2.94 bits per heavy atom. The molecule has 0 unspecified atom stereocenters. The maximum Gasteiger partial charge on any atom is 0.320 e. The fraction of sp³-hybridized carbons (Fsp3) is 0.167. The van der Waals surface area contributed by atoms with Crippen LogP contribution in [0.3, 0.4) is 0 Å². The number of para-hydroxylation sites is 1. The van der Waals surface area contributed by atoms with Gasteiger partial charge in [-0.25, -0.2) is 4.98 Å². The Kier molecular flexibility index (Phi) is 3.20. The molecule has 0 bridgehead atoms. The molecule has 1 aromatic heterocycles. The standard InChI is InChI=1S/C12H12N2O3/c13-6-11(16)17-7-9-5-4-8-2-1-3-10(15)12(8)14-9/h1-5,15H,6-7,13H2. The smallest absolute Gasteiger partial charge is 0.320 e. The SMILES string of the molecule is NCC(=O)OCc1ccc2cccc(O)c2n1. The molecule has 0 amide bonds. The third-order valence-electron chi connectivity index (χ3n) is 2.30. The Hall–Kier alpha value is -2.14. The molecular weight excluding hydrogens is 220 g/mol. The average molecular weight is 232 g/mol. The average Bonchev–Trinajstić information content (AvgIpc) is 2.36. The summed E-state index contributed by atoms with van der Waals surface area (Å²) in [6.07, 6.45) is 0. The molecule has 0 atom stereocenters. The maximum atomic E-state index is 10.9. The van der Waals surface area contributed by atoms with Gasteiger partial charge in [0.15, 0.2) is 0 Å². The summed E-state index contributed by atoms with van der Waals surface area (Å²) in [5.41, 5.74) is 6.18. The zero-order chi connectivity index (χ0) is 12.3. The van der Waals surface area contributed by atoms with Crippen molar-refractivity contribution < 1.29 is 14.6 Å². The highest BCUT2D eigenvalue weighted by Crippen LogP contribution is 2.22. The lowest BCUT2D eigenvalue weighted by Gasteiger charge is -2.05. The zero-order valence-electron chi connectivity index (χ0n) is 9.09. The van der Waals surface area contributed by atoms with E-state index in [1.54, 1.807) is 18.2 Å². The lowest BCUT2D eigenvalue weighted by Crippen LogP contribution is -2.16. The van der Waals surface area contributed by atoms with Crippen LogP contribution in [0.5, 0.6) is 5.75 Å². The number of phenols is 1. The second kappa shape index (κ2) is 4.80. The second-order valence-corrected chi connectivity index (χ2v) is 3.52. The lowest BCUT2D eigenvalue weighted by molar-refractivity contribution is -0.143. The van der Waals surface area contributed by atoms with Crippen LogP contribution in [-0.2, 0) is 16.1 Å². The number of pyridine rings is 1. The first-order valence-corrected chi connectivity index (χ1v) is 5.14. The molecule has 0 aliphatic rings. The molecule has 0 radical (unpaired) electrons. The quantitative estimate of drug-likeness (QED) is 0.769. The van der Waals surface area contributed by atoms with E-state index in [9.17, 15) is 9.90 Å². The first-order chi connectivity index (χ1) is 8.20. The van der Waals surface area contributed by atoms with Crippen molar-refractivity contribution in [3.8, 4) is 5.75 Å². The summed E-state index contributed by atoms with van der Waals surface area (Å²) in [5, 5.41) is 10.5. The second-order valence-electron chi connectivity index (χ2n) is 3.52. The molecule has 5 heteroatoms. The Balaban J connectivity index is 2.25. The highest BCUT2D eigenvalue weighted by Gasteiger charge is 2.04. The van der Waals surface area contributed by atoms with Gasteiger partial charge in [0.1, 0.15) is 17.9 Å². The lowest BCUT2D eigenvalue weighted by atomic mass is 10.2. The third kappa shape index (κ3) is 2.51. The van der Waals surface area contributed by atoms with E-state index in [0.717, 1.165) is 5.39 Å². The van der Waals surface area contributed by atoms with Gasteiger partial charge in [-0.3, -0.25) is 4.79 Å². The van der Waals surface area contributed by atoms with Crippen LogP contribution in [0.15, 0.2) is 30.3 Å². The largest absolute Gasteiger partial charge is 0.506 e. The van der Waals surface area contributed by atoms with Gasteiger partial charge in [0.05, 0.1) is 12.2 Å². The summed E-state index contributed by atoms with van der Waals surface area (Å²) in [6, 6.07) is 8.70. The van der Waals surface area contributed by atoms with Crippen molar-refractivity contribution in [3.63, 3.8) is 0 Å². The van der Waals surface area contributed by atoms with Gasteiger partial charge in [-0.1, -0.05) is 18.2 Å². The monoisotopic (exact) mass is 232 g/mol. The first kappa shape index (κ1) is 11.3. The number of carbonyl (C=O) groups is 1. The fourth-order valence-electron chi connectivity index (χ4n) is 1.47. The molecule has 0 spiro atoms. The molecule has 0 aliphatic heterocycles. The van der Waals surface area contributed by atoms with E-state index >= 15 is 0 Å². The molecule has 0 saturated carbocycles. The number of nitrogens with zero attached hydrogens (tertiary/aromatic N) is 1. The maximum absolute atomic E-state index is 10.9. The van der Waals surface area contributed by atoms with Crippen LogP contribution in [0.2, 0.25) is 0 Å².